The number of rotatable bonds is 4. The Balaban J connectivity index is 1.75. The molecule has 4 rings (SSSR count). The van der Waals surface area contributed by atoms with Crippen LogP contribution in [0.3, 0.4) is 0 Å². The molecule has 0 bridgehead atoms. The number of aromatic nitrogens is 2. The Kier molecular flexibility index (Phi) is 4.36. The molecule has 1 aromatic heterocycles. The molecule has 0 saturated heterocycles. The van der Waals surface area contributed by atoms with Crippen molar-refractivity contribution in [2.45, 2.75) is 6.04 Å². The second kappa shape index (κ2) is 6.99. The Morgan fingerprint density at radius 1 is 1.11 bits per heavy atom. The first-order valence-electron chi connectivity index (χ1n) is 8.45. The quantitative estimate of drug-likeness (QED) is 0.648. The van der Waals surface area contributed by atoms with Gasteiger partial charge < -0.3 is 15.7 Å². The normalized spacial score (nSPS) is 15.2. The summed E-state index contributed by atoms with van der Waals surface area (Å²) in [7, 11) is 0. The number of allylic oxidation sites excluding steroid dienone is 1. The van der Waals surface area contributed by atoms with Crippen molar-refractivity contribution in [1.82, 2.24) is 9.78 Å². The third kappa shape index (κ3) is 3.11. The molecule has 7 nitrogen and oxygen atoms in total. The molecule has 0 spiro atoms. The molecule has 2 heterocycles. The number of hydrogen-bond acceptors (Lipinski definition) is 4. The number of anilines is 2. The van der Waals surface area contributed by atoms with Crippen LogP contribution in [-0.2, 0) is 4.79 Å². The van der Waals surface area contributed by atoms with Gasteiger partial charge in [0.15, 0.2) is 0 Å². The Morgan fingerprint density at radius 3 is 2.54 bits per heavy atom. The second-order valence-electron chi connectivity index (χ2n) is 6.15. The molecular weight excluding hydrogens is 363 g/mol. The number of carboxylic acid groups (broad SMARTS) is 1. The first-order chi connectivity index (χ1) is 13.5. The molecule has 0 radical (unpaired) electrons. The Hall–Kier alpha value is -3.94. The van der Waals surface area contributed by atoms with Crippen LogP contribution in [0.5, 0.6) is 0 Å². The summed E-state index contributed by atoms with van der Waals surface area (Å²) in [6, 6.07) is 14.1. The number of nitrogens with zero attached hydrogens (tertiary/aromatic N) is 2. The number of carbonyl (C=O) groups excluding carboxylic acids is 1. The molecule has 8 heteroatoms. The summed E-state index contributed by atoms with van der Waals surface area (Å²) in [4.78, 5) is 24.3. The minimum absolute atomic E-state index is 0.150. The summed E-state index contributed by atoms with van der Waals surface area (Å²) in [5, 5.41) is 19.1. The van der Waals surface area contributed by atoms with Crippen LogP contribution in [0.25, 0.3) is 0 Å². The van der Waals surface area contributed by atoms with E-state index in [1.54, 1.807) is 42.5 Å². The van der Waals surface area contributed by atoms with Gasteiger partial charge in [-0.2, -0.15) is 5.10 Å². The minimum atomic E-state index is -1.22. The van der Waals surface area contributed by atoms with Crippen molar-refractivity contribution in [3.8, 4) is 0 Å². The average Bonchev–Trinajstić information content (AvgIpc) is 3.13. The number of carboxylic acids is 1. The van der Waals surface area contributed by atoms with Crippen molar-refractivity contribution >= 4 is 23.4 Å². The van der Waals surface area contributed by atoms with Crippen LogP contribution in [-0.4, -0.2) is 26.8 Å². The van der Waals surface area contributed by atoms with Crippen molar-refractivity contribution in [1.29, 1.82) is 0 Å². The second-order valence-corrected chi connectivity index (χ2v) is 6.15. The Bertz CT molecular complexity index is 1090. The zero-order valence-electron chi connectivity index (χ0n) is 14.5. The van der Waals surface area contributed by atoms with E-state index in [2.05, 4.69) is 15.7 Å². The van der Waals surface area contributed by atoms with Gasteiger partial charge in [0.25, 0.3) is 5.91 Å². The molecule has 0 saturated carbocycles. The van der Waals surface area contributed by atoms with Gasteiger partial charge in [-0.15, -0.1) is 0 Å². The fourth-order valence-corrected chi connectivity index (χ4v) is 3.04. The monoisotopic (exact) mass is 378 g/mol. The molecule has 3 aromatic rings. The highest BCUT2D eigenvalue weighted by Crippen LogP contribution is 2.33. The first-order valence-corrected chi connectivity index (χ1v) is 8.45. The number of benzene rings is 2. The van der Waals surface area contributed by atoms with Crippen LogP contribution in [0.15, 0.2) is 72.6 Å². The zero-order valence-corrected chi connectivity index (χ0v) is 14.5. The lowest BCUT2D eigenvalue weighted by atomic mass is 10.0. The third-order valence-electron chi connectivity index (χ3n) is 4.37. The summed E-state index contributed by atoms with van der Waals surface area (Å²) in [6.45, 7) is 0. The van der Waals surface area contributed by atoms with Gasteiger partial charge in [-0.05, 0) is 24.3 Å². The maximum Gasteiger partial charge on any atom is 0.352 e. The van der Waals surface area contributed by atoms with Crippen molar-refractivity contribution < 1.29 is 19.1 Å². The zero-order chi connectivity index (χ0) is 19.7. The van der Waals surface area contributed by atoms with E-state index in [0.29, 0.717) is 5.69 Å². The SMILES string of the molecule is O=C(O)C1=C[C@@H](c2ccccc2F)n2ncc(C(=O)Nc3ccccc3)c2N1. The summed E-state index contributed by atoms with van der Waals surface area (Å²) in [5.74, 6) is -1.99. The number of amides is 1. The number of para-hydroxylation sites is 1. The van der Waals surface area contributed by atoms with Crippen molar-refractivity contribution in [2.24, 2.45) is 0 Å². The molecule has 1 aliphatic rings. The van der Waals surface area contributed by atoms with Crippen LogP contribution in [0, 0.1) is 5.82 Å². The first kappa shape index (κ1) is 17.5. The van der Waals surface area contributed by atoms with Gasteiger partial charge in [0.2, 0.25) is 0 Å². The summed E-state index contributed by atoms with van der Waals surface area (Å²) in [6.07, 6.45) is 2.69. The molecule has 1 atom stereocenters. The van der Waals surface area contributed by atoms with Crippen LogP contribution in [0.4, 0.5) is 15.9 Å². The fraction of sp³-hybridized carbons (Fsp3) is 0.0500. The number of halogens is 1. The maximum absolute atomic E-state index is 14.3. The van der Waals surface area contributed by atoms with Gasteiger partial charge in [0.1, 0.15) is 28.9 Å². The highest BCUT2D eigenvalue weighted by Gasteiger charge is 2.30. The molecular formula is C20H15FN4O3. The Morgan fingerprint density at radius 2 is 1.82 bits per heavy atom. The lowest BCUT2D eigenvalue weighted by Crippen LogP contribution is -2.26. The summed E-state index contributed by atoms with van der Waals surface area (Å²) in [5.41, 5.74) is 0.831. The van der Waals surface area contributed by atoms with Crippen molar-refractivity contribution in [3.05, 3.63) is 89.5 Å². The number of nitrogens with one attached hydrogen (secondary N) is 2. The average molecular weight is 378 g/mol. The fourth-order valence-electron chi connectivity index (χ4n) is 3.04. The molecule has 0 unspecified atom stereocenters. The van der Waals surface area contributed by atoms with Crippen LogP contribution in [0.1, 0.15) is 22.0 Å². The van der Waals surface area contributed by atoms with Crippen LogP contribution in [0.2, 0.25) is 0 Å². The smallest absolute Gasteiger partial charge is 0.352 e. The van der Waals surface area contributed by atoms with E-state index >= 15 is 0 Å². The molecule has 140 valence electrons. The molecule has 0 aliphatic carbocycles. The molecule has 1 amide bonds. The lowest BCUT2D eigenvalue weighted by molar-refractivity contribution is -0.132. The van der Waals surface area contributed by atoms with Crippen LogP contribution >= 0.6 is 0 Å². The van der Waals surface area contributed by atoms with E-state index in [1.165, 1.54) is 23.0 Å². The highest BCUT2D eigenvalue weighted by molar-refractivity contribution is 6.08. The topological polar surface area (TPSA) is 96.2 Å². The number of carbonyl (C=O) groups is 2. The summed E-state index contributed by atoms with van der Waals surface area (Å²) >= 11 is 0. The van der Waals surface area contributed by atoms with Gasteiger partial charge in [-0.3, -0.25) is 4.79 Å². The maximum atomic E-state index is 14.3. The lowest BCUT2D eigenvalue weighted by Gasteiger charge is -2.24. The molecule has 1 aliphatic heterocycles. The molecule has 2 aromatic carbocycles. The van der Waals surface area contributed by atoms with Crippen LogP contribution < -0.4 is 10.6 Å². The van der Waals surface area contributed by atoms with Gasteiger partial charge in [0.05, 0.1) is 6.20 Å². The number of aliphatic carboxylic acids is 1. The third-order valence-corrected chi connectivity index (χ3v) is 4.37. The van der Waals surface area contributed by atoms with E-state index in [4.69, 9.17) is 0 Å². The van der Waals surface area contributed by atoms with Gasteiger partial charge in [0, 0.05) is 11.3 Å². The van der Waals surface area contributed by atoms with Crippen molar-refractivity contribution in [3.63, 3.8) is 0 Å². The molecule has 0 fully saturated rings. The molecule has 28 heavy (non-hydrogen) atoms. The number of fused-ring (bicyclic) bond motifs is 1. The van der Waals surface area contributed by atoms with E-state index in [9.17, 15) is 19.1 Å². The van der Waals surface area contributed by atoms with Gasteiger partial charge >= 0.3 is 5.97 Å². The molecule has 3 N–H and O–H groups in total. The van der Waals surface area contributed by atoms with Gasteiger partial charge in [-0.1, -0.05) is 36.4 Å². The van der Waals surface area contributed by atoms with E-state index in [-0.39, 0.29) is 22.6 Å². The predicted octanol–water partition coefficient (Wildman–Crippen LogP) is 3.26. The minimum Gasteiger partial charge on any atom is -0.477 e. The van der Waals surface area contributed by atoms with Crippen molar-refractivity contribution in [2.75, 3.05) is 10.6 Å². The highest BCUT2D eigenvalue weighted by atomic mass is 19.1. The van der Waals surface area contributed by atoms with E-state index in [1.807, 2.05) is 6.07 Å². The van der Waals surface area contributed by atoms with E-state index in [0.717, 1.165) is 0 Å². The summed E-state index contributed by atoms with van der Waals surface area (Å²) < 4.78 is 15.7. The van der Waals surface area contributed by atoms with E-state index < -0.39 is 23.7 Å². The van der Waals surface area contributed by atoms with Gasteiger partial charge in [-0.25, -0.2) is 13.9 Å². The largest absolute Gasteiger partial charge is 0.477 e. The Labute approximate surface area is 159 Å². The predicted molar refractivity (Wildman–Crippen MR) is 101 cm³/mol. The number of hydrogen-bond donors (Lipinski definition) is 3. The standard InChI is InChI=1S/C20H15FN4O3/c21-15-9-5-4-8-13(15)17-10-16(20(27)28)24-18-14(11-22-25(17)18)19(26)23-12-6-2-1-3-7-12/h1-11,17,24H,(H,23,26)(H,27,28)/t17-/m0/s1.